The molecule has 1 aromatic carbocycles. The molecule has 3 nitrogen and oxygen atoms in total. The molecule has 1 aromatic heterocycles. The lowest BCUT2D eigenvalue weighted by atomic mass is 9.94. The molecule has 3 N–H and O–H groups in total. The van der Waals surface area contributed by atoms with Crippen molar-refractivity contribution >= 4 is 0 Å². The maximum Gasteiger partial charge on any atom is 0.128 e. The Kier molecular flexibility index (Phi) is 4.82. The van der Waals surface area contributed by atoms with Crippen LogP contribution in [0, 0.1) is 19.7 Å². The molecule has 0 saturated carbocycles. The van der Waals surface area contributed by atoms with Crippen LogP contribution in [0.15, 0.2) is 36.7 Å². The molecule has 0 radical (unpaired) electrons. The Balaban J connectivity index is 2.17. The van der Waals surface area contributed by atoms with E-state index in [1.54, 1.807) is 12.3 Å². The third kappa shape index (κ3) is 3.40. The molecule has 0 aliphatic rings. The number of rotatable bonds is 5. The van der Waals surface area contributed by atoms with Gasteiger partial charge in [0.1, 0.15) is 5.82 Å². The van der Waals surface area contributed by atoms with Gasteiger partial charge >= 0.3 is 0 Å². The maximum absolute atomic E-state index is 14.2. The van der Waals surface area contributed by atoms with Gasteiger partial charge in [-0.2, -0.15) is 0 Å². The first-order chi connectivity index (χ1) is 9.61. The van der Waals surface area contributed by atoms with E-state index in [1.165, 1.54) is 0 Å². The van der Waals surface area contributed by atoms with Crippen molar-refractivity contribution in [1.82, 2.24) is 10.4 Å². The summed E-state index contributed by atoms with van der Waals surface area (Å²) in [4.78, 5) is 4.08. The van der Waals surface area contributed by atoms with Gasteiger partial charge in [0.25, 0.3) is 0 Å². The Morgan fingerprint density at radius 2 is 2.15 bits per heavy atom. The van der Waals surface area contributed by atoms with E-state index in [1.807, 2.05) is 38.2 Å². The molecule has 0 amide bonds. The van der Waals surface area contributed by atoms with Gasteiger partial charge in [0.05, 0.1) is 0 Å². The number of halogens is 1. The highest BCUT2D eigenvalue weighted by Gasteiger charge is 2.17. The van der Waals surface area contributed by atoms with Crippen molar-refractivity contribution in [3.8, 4) is 0 Å². The summed E-state index contributed by atoms with van der Waals surface area (Å²) in [5, 5.41) is 0. The molecular weight excluding hydrogens is 253 g/mol. The van der Waals surface area contributed by atoms with Crippen molar-refractivity contribution in [2.75, 3.05) is 0 Å². The molecule has 0 fully saturated rings. The van der Waals surface area contributed by atoms with Gasteiger partial charge in [-0.3, -0.25) is 16.3 Å². The van der Waals surface area contributed by atoms with E-state index >= 15 is 0 Å². The fourth-order valence-electron chi connectivity index (χ4n) is 2.54. The van der Waals surface area contributed by atoms with E-state index < -0.39 is 0 Å². The maximum atomic E-state index is 14.2. The average Bonchev–Trinajstić information content (AvgIpc) is 2.42. The minimum absolute atomic E-state index is 0.198. The van der Waals surface area contributed by atoms with Crippen LogP contribution in [-0.4, -0.2) is 4.98 Å². The molecule has 106 valence electrons. The van der Waals surface area contributed by atoms with Crippen LogP contribution < -0.4 is 11.3 Å². The standard InChI is InChI=1S/C16H20FN3/c1-11-8-12(2)16(14(17)9-11)15(20-18)6-5-13-4-3-7-19-10-13/h3-4,7-10,15,20H,5-6,18H2,1-2H3. The van der Waals surface area contributed by atoms with Gasteiger partial charge in [-0.15, -0.1) is 0 Å². The Labute approximate surface area is 119 Å². The molecule has 0 aliphatic heterocycles. The highest BCUT2D eigenvalue weighted by atomic mass is 19.1. The van der Waals surface area contributed by atoms with Gasteiger partial charge in [-0.1, -0.05) is 12.1 Å². The monoisotopic (exact) mass is 273 g/mol. The first-order valence-electron chi connectivity index (χ1n) is 6.73. The summed E-state index contributed by atoms with van der Waals surface area (Å²) < 4.78 is 14.2. The first-order valence-corrected chi connectivity index (χ1v) is 6.73. The zero-order chi connectivity index (χ0) is 14.5. The van der Waals surface area contributed by atoms with Crippen LogP contribution >= 0.6 is 0 Å². The van der Waals surface area contributed by atoms with Gasteiger partial charge < -0.3 is 0 Å². The number of aryl methyl sites for hydroxylation is 3. The van der Waals surface area contributed by atoms with E-state index in [-0.39, 0.29) is 11.9 Å². The fraction of sp³-hybridized carbons (Fsp3) is 0.312. The van der Waals surface area contributed by atoms with Crippen LogP contribution in [0.2, 0.25) is 0 Å². The minimum Gasteiger partial charge on any atom is -0.271 e. The second kappa shape index (κ2) is 6.59. The quantitative estimate of drug-likeness (QED) is 0.650. The van der Waals surface area contributed by atoms with Crippen LogP contribution in [0.1, 0.15) is 34.7 Å². The number of benzene rings is 1. The molecule has 0 aliphatic carbocycles. The van der Waals surface area contributed by atoms with Gasteiger partial charge in [-0.05, 0) is 55.5 Å². The number of nitrogens with one attached hydrogen (secondary N) is 1. The van der Waals surface area contributed by atoms with Gasteiger partial charge in [-0.25, -0.2) is 4.39 Å². The Hall–Kier alpha value is -1.78. The van der Waals surface area contributed by atoms with Crippen LogP contribution in [0.25, 0.3) is 0 Å². The molecule has 20 heavy (non-hydrogen) atoms. The molecule has 2 rings (SSSR count). The molecule has 0 saturated heterocycles. The predicted molar refractivity (Wildman–Crippen MR) is 78.5 cm³/mol. The lowest BCUT2D eigenvalue weighted by Gasteiger charge is -2.20. The summed E-state index contributed by atoms with van der Waals surface area (Å²) in [5.41, 5.74) is 6.36. The summed E-state index contributed by atoms with van der Waals surface area (Å²) in [6.07, 6.45) is 5.09. The van der Waals surface area contributed by atoms with E-state index in [0.29, 0.717) is 5.56 Å². The number of hydrogen-bond acceptors (Lipinski definition) is 3. The van der Waals surface area contributed by atoms with Crippen LogP contribution in [0.5, 0.6) is 0 Å². The molecule has 1 atom stereocenters. The fourth-order valence-corrected chi connectivity index (χ4v) is 2.54. The summed E-state index contributed by atoms with van der Waals surface area (Å²) in [6.45, 7) is 3.81. The topological polar surface area (TPSA) is 50.9 Å². The van der Waals surface area contributed by atoms with E-state index in [2.05, 4.69) is 10.4 Å². The third-order valence-electron chi connectivity index (χ3n) is 3.47. The smallest absolute Gasteiger partial charge is 0.128 e. The van der Waals surface area contributed by atoms with E-state index in [4.69, 9.17) is 5.84 Å². The minimum atomic E-state index is -0.198. The van der Waals surface area contributed by atoms with E-state index in [9.17, 15) is 4.39 Å². The average molecular weight is 273 g/mol. The molecule has 2 aromatic rings. The molecule has 0 bridgehead atoms. The lowest BCUT2D eigenvalue weighted by molar-refractivity contribution is 0.482. The normalized spacial score (nSPS) is 12.4. The van der Waals surface area contributed by atoms with Crippen molar-refractivity contribution in [2.24, 2.45) is 5.84 Å². The zero-order valence-corrected chi connectivity index (χ0v) is 11.9. The van der Waals surface area contributed by atoms with Crippen molar-refractivity contribution in [1.29, 1.82) is 0 Å². The van der Waals surface area contributed by atoms with Crippen molar-refractivity contribution in [3.05, 3.63) is 64.7 Å². The summed E-state index contributed by atoms with van der Waals surface area (Å²) >= 11 is 0. The highest BCUT2D eigenvalue weighted by molar-refractivity contribution is 5.34. The first kappa shape index (κ1) is 14.6. The number of nitrogens with zero attached hydrogens (tertiary/aromatic N) is 1. The lowest BCUT2D eigenvalue weighted by Crippen LogP contribution is -2.29. The molecule has 1 heterocycles. The molecular formula is C16H20FN3. The van der Waals surface area contributed by atoms with Crippen LogP contribution in [-0.2, 0) is 6.42 Å². The second-order valence-corrected chi connectivity index (χ2v) is 5.10. The highest BCUT2D eigenvalue weighted by Crippen LogP contribution is 2.25. The van der Waals surface area contributed by atoms with Crippen LogP contribution in [0.3, 0.4) is 0 Å². The summed E-state index contributed by atoms with van der Waals surface area (Å²) in [5.74, 6) is 5.41. The van der Waals surface area contributed by atoms with Crippen molar-refractivity contribution in [2.45, 2.75) is 32.7 Å². The zero-order valence-electron chi connectivity index (χ0n) is 11.9. The number of aromatic nitrogens is 1. The Morgan fingerprint density at radius 1 is 1.35 bits per heavy atom. The van der Waals surface area contributed by atoms with Gasteiger partial charge in [0.2, 0.25) is 0 Å². The number of pyridine rings is 1. The van der Waals surface area contributed by atoms with Crippen molar-refractivity contribution in [3.63, 3.8) is 0 Å². The van der Waals surface area contributed by atoms with Gasteiger partial charge in [0.15, 0.2) is 0 Å². The van der Waals surface area contributed by atoms with Gasteiger partial charge in [0, 0.05) is 24.0 Å². The SMILES string of the molecule is Cc1cc(C)c(C(CCc2cccnc2)NN)c(F)c1. The largest absolute Gasteiger partial charge is 0.271 e. The van der Waals surface area contributed by atoms with E-state index in [0.717, 1.165) is 29.5 Å². The molecule has 0 spiro atoms. The predicted octanol–water partition coefficient (Wildman–Crippen LogP) is 2.97. The third-order valence-corrected chi connectivity index (χ3v) is 3.47. The molecule has 4 heteroatoms. The second-order valence-electron chi connectivity index (χ2n) is 5.10. The number of nitrogens with two attached hydrogens (primary N) is 1. The number of hydrazine groups is 1. The summed E-state index contributed by atoms with van der Waals surface area (Å²) in [7, 11) is 0. The van der Waals surface area contributed by atoms with Crippen LogP contribution in [0.4, 0.5) is 4.39 Å². The van der Waals surface area contributed by atoms with Crippen molar-refractivity contribution < 1.29 is 4.39 Å². The number of hydrogen-bond donors (Lipinski definition) is 2. The Morgan fingerprint density at radius 3 is 2.75 bits per heavy atom. The molecule has 1 unspecified atom stereocenters. The summed E-state index contributed by atoms with van der Waals surface area (Å²) in [6, 6.07) is 7.25. The Bertz CT molecular complexity index is 546.